The van der Waals surface area contributed by atoms with Crippen molar-refractivity contribution >= 4 is 62.6 Å². The molecule has 0 spiro atoms. The zero-order chi connectivity index (χ0) is 24.7. The van der Waals surface area contributed by atoms with Crippen LogP contribution in [0.2, 0.25) is 15.1 Å². The maximum atomic E-state index is 12.3. The minimum atomic E-state index is -3.76. The summed E-state index contributed by atoms with van der Waals surface area (Å²) in [5.74, 6) is 0.0129. The van der Waals surface area contributed by atoms with Gasteiger partial charge in [-0.05, 0) is 54.1 Å². The Morgan fingerprint density at radius 3 is 2.35 bits per heavy atom. The number of ether oxygens (including phenoxy) is 1. The second kappa shape index (κ2) is 11.6. The lowest BCUT2D eigenvalue weighted by molar-refractivity contribution is -0.119. The first-order chi connectivity index (χ1) is 16.1. The van der Waals surface area contributed by atoms with Gasteiger partial charge in [-0.15, -0.1) is 0 Å². The second-order valence-corrected chi connectivity index (χ2v) is 10.2. The fraction of sp³-hybridized carbons (Fsp3) is 0.130. The summed E-state index contributed by atoms with van der Waals surface area (Å²) in [6.07, 6.45) is 2.42. The van der Waals surface area contributed by atoms with E-state index in [9.17, 15) is 13.2 Å². The van der Waals surface area contributed by atoms with E-state index in [1.165, 1.54) is 24.4 Å². The van der Waals surface area contributed by atoms with Crippen LogP contribution in [0.15, 0.2) is 71.8 Å². The summed E-state index contributed by atoms with van der Waals surface area (Å²) in [7, 11) is -3.76. The van der Waals surface area contributed by atoms with Crippen molar-refractivity contribution in [3.63, 3.8) is 0 Å². The number of halogens is 3. The Balaban J connectivity index is 1.57. The normalized spacial score (nSPS) is 11.4. The van der Waals surface area contributed by atoms with Gasteiger partial charge in [0.25, 0.3) is 5.91 Å². The first kappa shape index (κ1) is 25.8. The zero-order valence-corrected chi connectivity index (χ0v) is 21.0. The Morgan fingerprint density at radius 2 is 1.71 bits per heavy atom. The van der Waals surface area contributed by atoms with Crippen LogP contribution in [0, 0.1) is 0 Å². The number of carbonyl (C=O) groups excluding carboxylic acids is 1. The van der Waals surface area contributed by atoms with E-state index in [0.717, 1.165) is 16.1 Å². The second-order valence-electron chi connectivity index (χ2n) is 7.11. The maximum absolute atomic E-state index is 12.3. The van der Waals surface area contributed by atoms with Crippen molar-refractivity contribution in [3.05, 3.63) is 92.9 Å². The molecule has 0 aliphatic carbocycles. The van der Waals surface area contributed by atoms with Gasteiger partial charge in [-0.25, -0.2) is 13.8 Å². The van der Waals surface area contributed by atoms with E-state index in [1.807, 2.05) is 18.2 Å². The topological polar surface area (TPSA) is 88.1 Å². The van der Waals surface area contributed by atoms with E-state index in [0.29, 0.717) is 22.9 Å². The van der Waals surface area contributed by atoms with Gasteiger partial charge in [0.05, 0.1) is 28.2 Å². The summed E-state index contributed by atoms with van der Waals surface area (Å²) in [4.78, 5) is 12.3. The van der Waals surface area contributed by atoms with Crippen molar-refractivity contribution in [1.29, 1.82) is 0 Å². The molecule has 0 aliphatic heterocycles. The lowest BCUT2D eigenvalue weighted by Crippen LogP contribution is -2.39. The summed E-state index contributed by atoms with van der Waals surface area (Å²) < 4.78 is 31.0. The molecular weight excluding hydrogens is 521 g/mol. The Morgan fingerprint density at radius 1 is 1.00 bits per heavy atom. The van der Waals surface area contributed by atoms with Crippen LogP contribution in [-0.4, -0.2) is 33.3 Å². The standard InChI is InChI=1S/C23H20Cl3N3O4S/c1-34(31,32)29(18-8-11-21(25)22(26)12-18)14-23(30)28-27-13-16-6-9-19(10-7-16)33-15-17-4-2-3-5-20(17)24/h2-13H,14-15H2,1H3,(H,28,30)/b27-13-. The number of anilines is 1. The average Bonchev–Trinajstić information content (AvgIpc) is 2.79. The highest BCUT2D eigenvalue weighted by Gasteiger charge is 2.21. The van der Waals surface area contributed by atoms with Crippen molar-refractivity contribution in [2.45, 2.75) is 6.61 Å². The summed E-state index contributed by atoms with van der Waals surface area (Å²) in [5, 5.41) is 4.96. The molecule has 3 aromatic rings. The molecule has 0 radical (unpaired) electrons. The van der Waals surface area contributed by atoms with Crippen molar-refractivity contribution in [2.75, 3.05) is 17.1 Å². The number of hydrazone groups is 1. The highest BCUT2D eigenvalue weighted by Crippen LogP contribution is 2.28. The fourth-order valence-corrected chi connectivity index (χ4v) is 4.14. The van der Waals surface area contributed by atoms with Crippen LogP contribution >= 0.6 is 34.8 Å². The third kappa shape index (κ3) is 7.36. The number of hydrogen-bond donors (Lipinski definition) is 1. The number of carbonyl (C=O) groups is 1. The quantitative estimate of drug-likeness (QED) is 0.301. The van der Waals surface area contributed by atoms with Crippen LogP contribution in [0.5, 0.6) is 5.75 Å². The molecule has 0 aromatic heterocycles. The molecule has 1 amide bonds. The molecule has 0 fully saturated rings. The summed E-state index contributed by atoms with van der Waals surface area (Å²) >= 11 is 18.0. The number of rotatable bonds is 9. The van der Waals surface area contributed by atoms with Gasteiger partial charge in [0.15, 0.2) is 0 Å². The first-order valence-corrected chi connectivity index (χ1v) is 12.8. The molecule has 1 N–H and O–H groups in total. The van der Waals surface area contributed by atoms with Gasteiger partial charge < -0.3 is 4.74 Å². The van der Waals surface area contributed by atoms with Gasteiger partial charge in [-0.2, -0.15) is 5.10 Å². The summed E-state index contributed by atoms with van der Waals surface area (Å²) in [6, 6.07) is 18.8. The minimum Gasteiger partial charge on any atom is -0.489 e. The third-order valence-electron chi connectivity index (χ3n) is 4.51. The molecule has 0 unspecified atom stereocenters. The average molecular weight is 541 g/mol. The number of amides is 1. The van der Waals surface area contributed by atoms with Gasteiger partial charge in [-0.1, -0.05) is 53.0 Å². The van der Waals surface area contributed by atoms with Gasteiger partial charge in [0, 0.05) is 10.6 Å². The summed E-state index contributed by atoms with van der Waals surface area (Å²) in [5.41, 5.74) is 4.11. The van der Waals surface area contributed by atoms with Crippen LogP contribution in [0.3, 0.4) is 0 Å². The SMILES string of the molecule is CS(=O)(=O)N(CC(=O)N/N=C\c1ccc(OCc2ccccc2Cl)cc1)c1ccc(Cl)c(Cl)c1. The van der Waals surface area contributed by atoms with Gasteiger partial charge in [-0.3, -0.25) is 9.10 Å². The predicted octanol–water partition coefficient (Wildman–Crippen LogP) is 5.14. The van der Waals surface area contributed by atoms with Crippen LogP contribution in [0.1, 0.15) is 11.1 Å². The molecule has 0 saturated carbocycles. The fourth-order valence-electron chi connectivity index (χ4n) is 2.81. The third-order valence-corrected chi connectivity index (χ3v) is 6.76. The lowest BCUT2D eigenvalue weighted by atomic mass is 10.2. The minimum absolute atomic E-state index is 0.172. The van der Waals surface area contributed by atoms with Crippen molar-refractivity contribution in [3.8, 4) is 5.75 Å². The molecule has 3 aromatic carbocycles. The van der Waals surface area contributed by atoms with E-state index < -0.39 is 22.5 Å². The van der Waals surface area contributed by atoms with Crippen molar-refractivity contribution in [2.24, 2.45) is 5.10 Å². The Kier molecular flexibility index (Phi) is 8.79. The van der Waals surface area contributed by atoms with Gasteiger partial charge >= 0.3 is 0 Å². The van der Waals surface area contributed by atoms with Gasteiger partial charge in [0.2, 0.25) is 10.0 Å². The Labute approximate surface area is 212 Å². The zero-order valence-electron chi connectivity index (χ0n) is 17.9. The number of sulfonamides is 1. The molecule has 7 nitrogen and oxygen atoms in total. The van der Waals surface area contributed by atoms with E-state index in [-0.39, 0.29) is 15.7 Å². The van der Waals surface area contributed by atoms with Gasteiger partial charge in [0.1, 0.15) is 18.9 Å². The molecule has 3 rings (SSSR count). The number of benzene rings is 3. The monoisotopic (exact) mass is 539 g/mol. The van der Waals surface area contributed by atoms with Crippen molar-refractivity contribution < 1.29 is 17.9 Å². The molecule has 0 atom stereocenters. The molecule has 34 heavy (non-hydrogen) atoms. The molecule has 178 valence electrons. The van der Waals surface area contributed by atoms with E-state index in [2.05, 4.69) is 10.5 Å². The first-order valence-electron chi connectivity index (χ1n) is 9.84. The molecule has 11 heteroatoms. The van der Waals surface area contributed by atoms with Crippen LogP contribution in [0.4, 0.5) is 5.69 Å². The van der Waals surface area contributed by atoms with Crippen LogP contribution in [0.25, 0.3) is 0 Å². The highest BCUT2D eigenvalue weighted by atomic mass is 35.5. The molecule has 0 heterocycles. The predicted molar refractivity (Wildman–Crippen MR) is 137 cm³/mol. The Hall–Kier alpha value is -2.78. The number of nitrogens with one attached hydrogen (secondary N) is 1. The maximum Gasteiger partial charge on any atom is 0.260 e. The smallest absolute Gasteiger partial charge is 0.260 e. The van der Waals surface area contributed by atoms with Crippen LogP contribution < -0.4 is 14.5 Å². The number of hydrogen-bond acceptors (Lipinski definition) is 5. The molecule has 0 saturated heterocycles. The molecule has 0 aliphatic rings. The lowest BCUT2D eigenvalue weighted by Gasteiger charge is -2.21. The van der Waals surface area contributed by atoms with Crippen molar-refractivity contribution in [1.82, 2.24) is 5.43 Å². The summed E-state index contributed by atoms with van der Waals surface area (Å²) in [6.45, 7) is -0.151. The molecule has 0 bridgehead atoms. The number of nitrogens with zero attached hydrogens (tertiary/aromatic N) is 2. The molecular formula is C23H20Cl3N3O4S. The highest BCUT2D eigenvalue weighted by molar-refractivity contribution is 7.92. The van der Waals surface area contributed by atoms with E-state index in [4.69, 9.17) is 39.5 Å². The Bertz CT molecular complexity index is 1300. The van der Waals surface area contributed by atoms with E-state index >= 15 is 0 Å². The van der Waals surface area contributed by atoms with Crippen LogP contribution in [-0.2, 0) is 21.4 Å². The largest absolute Gasteiger partial charge is 0.489 e. The van der Waals surface area contributed by atoms with E-state index in [1.54, 1.807) is 30.3 Å².